The van der Waals surface area contributed by atoms with Crippen LogP contribution in [0.15, 0.2) is 76.3 Å². The van der Waals surface area contributed by atoms with Crippen LogP contribution in [0.25, 0.3) is 16.6 Å². The van der Waals surface area contributed by atoms with Crippen molar-refractivity contribution >= 4 is 46.4 Å². The van der Waals surface area contributed by atoms with Crippen molar-refractivity contribution in [3.8, 4) is 5.69 Å². The summed E-state index contributed by atoms with van der Waals surface area (Å²) >= 11 is 0. The number of nitrogens with one attached hydrogen (secondary N) is 1. The molecule has 16 nitrogen and oxygen atoms in total. The molecule has 1 amide bonds. The van der Waals surface area contributed by atoms with Crippen LogP contribution >= 0.6 is 7.14 Å². The van der Waals surface area contributed by atoms with Crippen LogP contribution in [0.2, 0.25) is 0 Å². The van der Waals surface area contributed by atoms with Gasteiger partial charge in [0.05, 0.1) is 30.6 Å². The number of hydrogen-bond acceptors (Lipinski definition) is 12. The number of aliphatic hydroxyl groups is 1. The van der Waals surface area contributed by atoms with Gasteiger partial charge in [-0.15, -0.1) is 0 Å². The number of anilines is 3. The van der Waals surface area contributed by atoms with Crippen LogP contribution in [0.3, 0.4) is 0 Å². The van der Waals surface area contributed by atoms with Gasteiger partial charge in [0, 0.05) is 97.1 Å². The molecule has 0 radical (unpaired) electrons. The van der Waals surface area contributed by atoms with Crippen LogP contribution < -0.4 is 25.8 Å². The molecular weight excluding hydrogens is 913 g/mol. The smallest absolute Gasteiger partial charge is 0.381 e. The molecule has 1 saturated carbocycles. The number of aryl methyl sites for hydroxylation is 2. The van der Waals surface area contributed by atoms with Gasteiger partial charge in [-0.2, -0.15) is 5.10 Å². The molecule has 2 saturated heterocycles. The maximum Gasteiger partial charge on any atom is 0.438 e. The molecule has 7 heterocycles. The summed E-state index contributed by atoms with van der Waals surface area (Å²) in [6.45, 7) is 15.7. The summed E-state index contributed by atoms with van der Waals surface area (Å²) < 4.78 is 49.9. The second-order valence-electron chi connectivity index (χ2n) is 19.7. The quantitative estimate of drug-likeness (QED) is 0.122. The molecule has 3 fully saturated rings. The van der Waals surface area contributed by atoms with E-state index in [1.54, 1.807) is 40.5 Å². The Balaban J connectivity index is 1.01. The summed E-state index contributed by atoms with van der Waals surface area (Å²) in [7, 11) is -2.70. The Kier molecular flexibility index (Phi) is 11.7. The second kappa shape index (κ2) is 17.7. The summed E-state index contributed by atoms with van der Waals surface area (Å²) in [6.07, 6.45) is 6.33. The maximum atomic E-state index is 15.6. The van der Waals surface area contributed by atoms with Gasteiger partial charge in [-0.25, -0.2) is 13.9 Å². The monoisotopic (exact) mass is 973 g/mol. The van der Waals surface area contributed by atoms with E-state index in [9.17, 15) is 14.5 Å². The number of nitrogens with zero attached hydrogens (tertiary/aromatic N) is 8. The average molecular weight is 974 g/mol. The van der Waals surface area contributed by atoms with Gasteiger partial charge in [-0.3, -0.25) is 19.2 Å². The predicted molar refractivity (Wildman–Crippen MR) is 267 cm³/mol. The van der Waals surface area contributed by atoms with Crippen LogP contribution in [0, 0.1) is 25.6 Å². The van der Waals surface area contributed by atoms with Gasteiger partial charge in [-0.05, 0) is 117 Å². The maximum absolute atomic E-state index is 15.6. The molecule has 368 valence electrons. The van der Waals surface area contributed by atoms with E-state index in [1.807, 2.05) is 62.3 Å². The number of hydrogen-bond donors (Lipinski definition) is 2. The van der Waals surface area contributed by atoms with Gasteiger partial charge in [0.2, 0.25) is 6.35 Å². The zero-order valence-electron chi connectivity index (χ0n) is 40.7. The van der Waals surface area contributed by atoms with Gasteiger partial charge in [-0.1, -0.05) is 32.0 Å². The Hall–Kier alpha value is -6.00. The molecule has 0 bridgehead atoms. The highest BCUT2D eigenvalue weighted by molar-refractivity contribution is 7.71. The Morgan fingerprint density at radius 3 is 2.29 bits per heavy atom. The molecule has 3 aromatic heterocycles. The minimum atomic E-state index is -2.70. The van der Waals surface area contributed by atoms with E-state index in [4.69, 9.17) is 19.1 Å². The lowest BCUT2D eigenvalue weighted by Gasteiger charge is -2.36. The first kappa shape index (κ1) is 46.4. The highest BCUT2D eigenvalue weighted by Gasteiger charge is 2.59. The number of aromatic nitrogens is 5. The number of amides is 1. The fourth-order valence-corrected chi connectivity index (χ4v) is 13.8. The normalized spacial score (nSPS) is 22.9. The molecular formula is C52H61FN9O7P. The van der Waals surface area contributed by atoms with Crippen LogP contribution in [0.4, 0.5) is 21.6 Å². The van der Waals surface area contributed by atoms with Crippen LogP contribution in [-0.2, 0) is 26.0 Å². The third-order valence-electron chi connectivity index (χ3n) is 15.8. The number of carbonyl (C=O) groups excluding carboxylic acids is 1. The van der Waals surface area contributed by atoms with E-state index >= 15 is 9.18 Å². The number of H-pyrrole nitrogens is 1. The highest BCUT2D eigenvalue weighted by atomic mass is 31.2. The summed E-state index contributed by atoms with van der Waals surface area (Å²) in [5.41, 5.74) is 6.31. The number of ether oxygens (including phenoxy) is 2. The Morgan fingerprint density at radius 1 is 0.914 bits per heavy atom. The standard InChI is InChI=1S/C52H61FN9O7P/c1-7-70(66,8-2)44-12-10-38(29-42(44)57-19-23-68-24-20-57)59-17-18-60(51(59)65)47-45-34(6)58(16-13-40(45)55-62(47)39-25-31(3)46(53)32(4)26-39)48(63)43-28-37-27-36(35-14-21-67-22-15-35)9-11-41(37)61(43)52(30-33(52)5)49-54-50(64)69-56-49/h9-12,17-18,25-29,33-35,51,65H,7-8,13-16,19-24,30H2,1-6H3,(H,54,56,64)/t33-,34-,51?,52-/m0/s1. The summed E-state index contributed by atoms with van der Waals surface area (Å²) in [4.78, 5) is 38.6. The topological polar surface area (TPSA) is 167 Å². The fraction of sp³-hybridized carbons (Fsp3) is 0.462. The summed E-state index contributed by atoms with van der Waals surface area (Å²) in [5, 5.41) is 23.8. The number of rotatable bonds is 11. The summed E-state index contributed by atoms with van der Waals surface area (Å²) in [6, 6.07) is 17.3. The zero-order valence-corrected chi connectivity index (χ0v) is 41.5. The van der Waals surface area contributed by atoms with Crippen molar-refractivity contribution in [1.82, 2.24) is 29.4 Å². The molecule has 5 aliphatic rings. The van der Waals surface area contributed by atoms with E-state index in [0.717, 1.165) is 46.0 Å². The molecule has 0 spiro atoms. The SMILES string of the molecule is CCP(=O)(CC)c1ccc(N2C=CN(c3c4c(nn3-c3cc(C)c(F)c(C)c3)CCN(C(=O)c3cc5cc(C6CCOCC6)ccc5n3[C@@]3(c5noc(=O)[nH]5)C[C@@H]3C)[C@H]4C)C2O)cc1N1CCOCC1. The lowest BCUT2D eigenvalue weighted by Crippen LogP contribution is -2.43. The molecule has 1 aliphatic carbocycles. The van der Waals surface area contributed by atoms with Crippen molar-refractivity contribution in [3.05, 3.63) is 123 Å². The molecule has 70 heavy (non-hydrogen) atoms. The van der Waals surface area contributed by atoms with Crippen molar-refractivity contribution < 1.29 is 32.9 Å². The van der Waals surface area contributed by atoms with Crippen LogP contribution in [0.5, 0.6) is 0 Å². The van der Waals surface area contributed by atoms with Gasteiger partial charge in [0.1, 0.15) is 30.0 Å². The number of fused-ring (bicyclic) bond motifs is 2. The van der Waals surface area contributed by atoms with E-state index in [2.05, 4.69) is 44.7 Å². The summed E-state index contributed by atoms with van der Waals surface area (Å²) in [5.74, 6) is 0.118. The van der Waals surface area contributed by atoms with E-state index in [0.29, 0.717) is 117 Å². The molecule has 18 heteroatoms. The molecule has 4 atom stereocenters. The molecule has 2 N–H and O–H groups in total. The van der Waals surface area contributed by atoms with Crippen LogP contribution in [0.1, 0.15) is 103 Å². The van der Waals surface area contributed by atoms with E-state index in [-0.39, 0.29) is 17.6 Å². The van der Waals surface area contributed by atoms with E-state index in [1.165, 1.54) is 5.56 Å². The second-order valence-corrected chi connectivity index (χ2v) is 23.2. The molecule has 1 unspecified atom stereocenters. The Morgan fingerprint density at radius 2 is 1.61 bits per heavy atom. The fourth-order valence-electron chi connectivity index (χ4n) is 11.7. The number of morpholine rings is 1. The third-order valence-corrected chi connectivity index (χ3v) is 19.1. The van der Waals surface area contributed by atoms with Crippen LogP contribution in [-0.4, -0.2) is 105 Å². The number of benzene rings is 3. The largest absolute Gasteiger partial charge is 0.438 e. The van der Waals surface area contributed by atoms with Gasteiger partial charge in [0.15, 0.2) is 5.82 Å². The molecule has 3 aromatic carbocycles. The first-order chi connectivity index (χ1) is 33.8. The number of carbonyl (C=O) groups is 1. The minimum absolute atomic E-state index is 0.0266. The van der Waals surface area contributed by atoms with Crippen molar-refractivity contribution in [2.24, 2.45) is 5.92 Å². The lowest BCUT2D eigenvalue weighted by molar-refractivity contribution is 0.0663. The zero-order chi connectivity index (χ0) is 48.8. The average Bonchev–Trinajstić information content (AvgIpc) is 3.88. The third kappa shape index (κ3) is 7.45. The van der Waals surface area contributed by atoms with Crippen molar-refractivity contribution in [2.75, 3.05) is 73.1 Å². The van der Waals surface area contributed by atoms with E-state index < -0.39 is 30.8 Å². The predicted octanol–water partition coefficient (Wildman–Crippen LogP) is 7.63. The lowest BCUT2D eigenvalue weighted by atomic mass is 9.91. The minimum Gasteiger partial charge on any atom is -0.381 e. The van der Waals surface area contributed by atoms with Crippen molar-refractivity contribution in [1.29, 1.82) is 0 Å². The number of aromatic amines is 1. The van der Waals surface area contributed by atoms with Gasteiger partial charge >= 0.3 is 5.76 Å². The number of aliphatic hydroxyl groups excluding tert-OH is 1. The molecule has 11 rings (SSSR count). The first-order valence-corrected chi connectivity index (χ1v) is 26.8. The molecule has 4 aliphatic heterocycles. The van der Waals surface area contributed by atoms with Crippen molar-refractivity contribution in [3.63, 3.8) is 0 Å². The Labute approximate surface area is 406 Å². The Bertz CT molecular complexity index is 3130. The highest BCUT2D eigenvalue weighted by Crippen LogP contribution is 2.56. The first-order valence-electron chi connectivity index (χ1n) is 24.7. The van der Waals surface area contributed by atoms with Crippen molar-refractivity contribution in [2.45, 2.75) is 91.1 Å². The number of halogens is 1. The molecule has 6 aromatic rings. The van der Waals surface area contributed by atoms with Gasteiger partial charge < -0.3 is 38.4 Å². The van der Waals surface area contributed by atoms with Gasteiger partial charge in [0.25, 0.3) is 5.91 Å².